The van der Waals surface area contributed by atoms with E-state index in [0.717, 1.165) is 17.2 Å². The predicted molar refractivity (Wildman–Crippen MR) is 102 cm³/mol. The van der Waals surface area contributed by atoms with E-state index in [1.54, 1.807) is 38.5 Å². The van der Waals surface area contributed by atoms with Gasteiger partial charge in [-0.2, -0.15) is 0 Å². The molecule has 27 heavy (non-hydrogen) atoms. The summed E-state index contributed by atoms with van der Waals surface area (Å²) in [6.07, 6.45) is 0. The molecular weight excluding hydrogens is 348 g/mol. The Bertz CT molecular complexity index is 1240. The molecule has 0 aliphatic heterocycles. The maximum absolute atomic E-state index is 12.9. The Morgan fingerprint density at radius 1 is 0.889 bits per heavy atom. The van der Waals surface area contributed by atoms with Gasteiger partial charge in [-0.15, -0.1) is 0 Å². The van der Waals surface area contributed by atoms with Gasteiger partial charge < -0.3 is 24.1 Å². The summed E-state index contributed by atoms with van der Waals surface area (Å²) in [6.45, 7) is 0. The van der Waals surface area contributed by atoms with Gasteiger partial charge in [-0.25, -0.2) is 0 Å². The van der Waals surface area contributed by atoms with Gasteiger partial charge in [0, 0.05) is 23.8 Å². The van der Waals surface area contributed by atoms with Crippen molar-refractivity contribution < 1.29 is 24.1 Å². The van der Waals surface area contributed by atoms with Gasteiger partial charge in [0.1, 0.15) is 39.6 Å². The van der Waals surface area contributed by atoms with E-state index in [9.17, 15) is 15.0 Å². The van der Waals surface area contributed by atoms with Gasteiger partial charge in [0.05, 0.1) is 19.6 Å². The molecular formula is C21H16O6. The van der Waals surface area contributed by atoms with Crippen LogP contribution in [0.3, 0.4) is 0 Å². The van der Waals surface area contributed by atoms with Crippen molar-refractivity contribution in [1.29, 1.82) is 0 Å². The molecule has 0 amide bonds. The second kappa shape index (κ2) is 6.25. The molecule has 6 heteroatoms. The minimum absolute atomic E-state index is 0.0270. The van der Waals surface area contributed by atoms with Gasteiger partial charge in [-0.3, -0.25) is 4.79 Å². The van der Waals surface area contributed by atoms with Gasteiger partial charge in [-0.05, 0) is 29.8 Å². The highest BCUT2D eigenvalue weighted by Crippen LogP contribution is 2.35. The van der Waals surface area contributed by atoms with Crippen LogP contribution in [0.1, 0.15) is 0 Å². The molecule has 0 fully saturated rings. The predicted octanol–water partition coefficient (Wildman–Crippen LogP) is 4.04. The third-order valence-electron chi connectivity index (χ3n) is 4.46. The minimum atomic E-state index is -0.377. The van der Waals surface area contributed by atoms with Crippen molar-refractivity contribution in [1.82, 2.24) is 0 Å². The number of fused-ring (bicyclic) bond motifs is 2. The van der Waals surface area contributed by atoms with Crippen molar-refractivity contribution in [2.24, 2.45) is 0 Å². The SMILES string of the molecule is COc1ccc(-c2ccc3oc4cc(O)cc(O)c4c(=O)c3c2)c(OC)c1. The Kier molecular flexibility index (Phi) is 3.88. The minimum Gasteiger partial charge on any atom is -0.508 e. The zero-order valence-electron chi connectivity index (χ0n) is 14.6. The molecule has 0 atom stereocenters. The number of phenolic OH excluding ortho intramolecular Hbond substituents is 2. The van der Waals surface area contributed by atoms with E-state index < -0.39 is 0 Å². The summed E-state index contributed by atoms with van der Waals surface area (Å²) in [4.78, 5) is 12.9. The Balaban J connectivity index is 1.99. The number of rotatable bonds is 3. The van der Waals surface area contributed by atoms with Crippen molar-refractivity contribution in [2.75, 3.05) is 14.2 Å². The van der Waals surface area contributed by atoms with E-state index in [1.165, 1.54) is 6.07 Å². The molecule has 0 aliphatic rings. The standard InChI is InChI=1S/C21H16O6/c1-25-13-4-5-14(18(10-13)26-2)11-3-6-17-15(7-11)21(24)20-16(23)8-12(22)9-19(20)27-17/h3-10,22-23H,1-2H3. The fourth-order valence-electron chi connectivity index (χ4n) is 3.15. The first-order valence-electron chi connectivity index (χ1n) is 8.17. The zero-order chi connectivity index (χ0) is 19.1. The smallest absolute Gasteiger partial charge is 0.204 e. The molecule has 0 saturated carbocycles. The molecule has 1 heterocycles. The highest BCUT2D eigenvalue weighted by molar-refractivity contribution is 5.95. The largest absolute Gasteiger partial charge is 0.508 e. The molecule has 1 aromatic heterocycles. The lowest BCUT2D eigenvalue weighted by Gasteiger charge is -2.11. The summed E-state index contributed by atoms with van der Waals surface area (Å²) in [5.41, 5.74) is 1.65. The van der Waals surface area contributed by atoms with Crippen LogP contribution in [0.5, 0.6) is 23.0 Å². The van der Waals surface area contributed by atoms with Crippen LogP contribution in [0, 0.1) is 0 Å². The van der Waals surface area contributed by atoms with Crippen molar-refractivity contribution in [3.63, 3.8) is 0 Å². The van der Waals surface area contributed by atoms with Gasteiger partial charge in [0.25, 0.3) is 0 Å². The number of methoxy groups -OCH3 is 2. The highest BCUT2D eigenvalue weighted by atomic mass is 16.5. The van der Waals surface area contributed by atoms with Crippen LogP contribution in [0.25, 0.3) is 33.1 Å². The Hall–Kier alpha value is -3.67. The van der Waals surface area contributed by atoms with Gasteiger partial charge in [0.2, 0.25) is 5.43 Å². The van der Waals surface area contributed by atoms with E-state index in [4.69, 9.17) is 13.9 Å². The number of aromatic hydroxyl groups is 2. The van der Waals surface area contributed by atoms with Gasteiger partial charge >= 0.3 is 0 Å². The molecule has 0 saturated heterocycles. The molecule has 0 unspecified atom stereocenters. The second-order valence-electron chi connectivity index (χ2n) is 6.05. The Labute approximate surface area is 153 Å². The topological polar surface area (TPSA) is 89.1 Å². The van der Waals surface area contributed by atoms with Crippen molar-refractivity contribution in [3.8, 4) is 34.1 Å². The number of ether oxygens (including phenoxy) is 2. The summed E-state index contributed by atoms with van der Waals surface area (Å²) in [5, 5.41) is 20.0. The monoisotopic (exact) mass is 364 g/mol. The summed E-state index contributed by atoms with van der Waals surface area (Å²) in [7, 11) is 3.14. The van der Waals surface area contributed by atoms with Crippen LogP contribution in [0.2, 0.25) is 0 Å². The number of phenols is 2. The Morgan fingerprint density at radius 2 is 1.70 bits per heavy atom. The quantitative estimate of drug-likeness (QED) is 0.533. The fourth-order valence-corrected chi connectivity index (χ4v) is 3.15. The second-order valence-corrected chi connectivity index (χ2v) is 6.05. The van der Waals surface area contributed by atoms with Crippen LogP contribution < -0.4 is 14.9 Å². The molecule has 0 radical (unpaired) electrons. The van der Waals surface area contributed by atoms with Crippen molar-refractivity contribution in [2.45, 2.75) is 0 Å². The Morgan fingerprint density at radius 3 is 2.44 bits per heavy atom. The third-order valence-corrected chi connectivity index (χ3v) is 4.46. The lowest BCUT2D eigenvalue weighted by Crippen LogP contribution is -2.02. The average molecular weight is 364 g/mol. The van der Waals surface area contributed by atoms with E-state index in [-0.39, 0.29) is 27.9 Å². The number of hydrogen-bond acceptors (Lipinski definition) is 6. The highest BCUT2D eigenvalue weighted by Gasteiger charge is 2.15. The summed E-state index contributed by atoms with van der Waals surface area (Å²) < 4.78 is 16.4. The molecule has 136 valence electrons. The van der Waals surface area contributed by atoms with Crippen molar-refractivity contribution >= 4 is 21.9 Å². The maximum atomic E-state index is 12.9. The summed E-state index contributed by atoms with van der Waals surface area (Å²) in [6, 6.07) is 13.0. The normalized spacial score (nSPS) is 11.0. The molecule has 4 aromatic rings. The third kappa shape index (κ3) is 2.71. The van der Waals surface area contributed by atoms with Crippen LogP contribution in [0.15, 0.2) is 57.7 Å². The molecule has 0 aliphatic carbocycles. The van der Waals surface area contributed by atoms with Crippen LogP contribution in [0.4, 0.5) is 0 Å². The molecule has 0 spiro atoms. The van der Waals surface area contributed by atoms with Crippen LogP contribution in [-0.2, 0) is 0 Å². The molecule has 6 nitrogen and oxygen atoms in total. The van der Waals surface area contributed by atoms with Gasteiger partial charge in [-0.1, -0.05) is 6.07 Å². The van der Waals surface area contributed by atoms with E-state index in [0.29, 0.717) is 22.5 Å². The van der Waals surface area contributed by atoms with Crippen molar-refractivity contribution in [3.05, 3.63) is 58.8 Å². The van der Waals surface area contributed by atoms with Gasteiger partial charge in [0.15, 0.2) is 0 Å². The summed E-state index contributed by atoms with van der Waals surface area (Å²) in [5.74, 6) is 0.758. The van der Waals surface area contributed by atoms with Crippen LogP contribution >= 0.6 is 0 Å². The first kappa shape index (κ1) is 16.8. The summed E-state index contributed by atoms with van der Waals surface area (Å²) >= 11 is 0. The first-order valence-corrected chi connectivity index (χ1v) is 8.17. The average Bonchev–Trinajstić information content (AvgIpc) is 2.66. The molecule has 2 N–H and O–H groups in total. The number of benzene rings is 3. The zero-order valence-corrected chi connectivity index (χ0v) is 14.6. The number of hydrogen-bond donors (Lipinski definition) is 2. The lowest BCUT2D eigenvalue weighted by atomic mass is 10.0. The lowest BCUT2D eigenvalue weighted by molar-refractivity contribution is 0.395. The molecule has 4 rings (SSSR count). The first-order chi connectivity index (χ1) is 13.0. The van der Waals surface area contributed by atoms with E-state index in [1.807, 2.05) is 12.1 Å². The molecule has 0 bridgehead atoms. The van der Waals surface area contributed by atoms with E-state index in [2.05, 4.69) is 0 Å². The van der Waals surface area contributed by atoms with E-state index >= 15 is 0 Å². The molecule has 3 aromatic carbocycles. The van der Waals surface area contributed by atoms with Crippen LogP contribution in [-0.4, -0.2) is 24.4 Å². The maximum Gasteiger partial charge on any atom is 0.204 e. The fraction of sp³-hybridized carbons (Fsp3) is 0.0952.